The highest BCUT2D eigenvalue weighted by Gasteiger charge is 2.35. The van der Waals surface area contributed by atoms with Crippen LogP contribution in [0.1, 0.15) is 46.0 Å². The molecule has 1 atom stereocenters. The Kier molecular flexibility index (Phi) is 5.35. The van der Waals surface area contributed by atoms with Crippen LogP contribution in [0.15, 0.2) is 0 Å². The number of aliphatic carboxylic acids is 1. The second kappa shape index (κ2) is 6.37. The molecule has 1 aliphatic heterocycles. The number of piperidine rings is 1. The monoisotopic (exact) mass is 270 g/mol. The van der Waals surface area contributed by atoms with Gasteiger partial charge in [0.25, 0.3) is 0 Å². The van der Waals surface area contributed by atoms with E-state index in [2.05, 4.69) is 11.9 Å². The fourth-order valence-corrected chi connectivity index (χ4v) is 2.42. The number of amides is 1. The molecule has 0 aromatic carbocycles. The highest BCUT2D eigenvalue weighted by Crippen LogP contribution is 2.21. The first-order valence-electron chi connectivity index (χ1n) is 6.97. The molecule has 5 nitrogen and oxygen atoms in total. The lowest BCUT2D eigenvalue weighted by Gasteiger charge is -2.34. The van der Waals surface area contributed by atoms with Crippen molar-refractivity contribution in [3.8, 4) is 0 Å². The molecule has 1 rings (SSSR count). The molecular formula is C14H26N2O3. The van der Waals surface area contributed by atoms with Crippen molar-refractivity contribution in [1.82, 2.24) is 9.80 Å². The summed E-state index contributed by atoms with van der Waals surface area (Å²) >= 11 is 0. The van der Waals surface area contributed by atoms with Crippen LogP contribution in [-0.4, -0.2) is 59.0 Å². The van der Waals surface area contributed by atoms with Crippen LogP contribution >= 0.6 is 0 Å². The van der Waals surface area contributed by atoms with Crippen LogP contribution in [0.4, 0.5) is 0 Å². The molecular weight excluding hydrogens is 244 g/mol. The SMILES string of the molecule is CN1CCCCC1CCC(=O)N(C)C(C)(C)C(=O)O. The number of nitrogens with zero attached hydrogens (tertiary/aromatic N) is 2. The zero-order valence-corrected chi connectivity index (χ0v) is 12.5. The zero-order valence-electron chi connectivity index (χ0n) is 12.5. The Balaban J connectivity index is 2.48. The predicted molar refractivity (Wildman–Crippen MR) is 74.0 cm³/mol. The highest BCUT2D eigenvalue weighted by atomic mass is 16.4. The maximum Gasteiger partial charge on any atom is 0.329 e. The molecule has 110 valence electrons. The molecule has 1 heterocycles. The van der Waals surface area contributed by atoms with Crippen molar-refractivity contribution in [2.45, 2.75) is 57.5 Å². The number of hydrogen-bond acceptors (Lipinski definition) is 3. The van der Waals surface area contributed by atoms with Crippen LogP contribution < -0.4 is 0 Å². The van der Waals surface area contributed by atoms with E-state index in [4.69, 9.17) is 5.11 Å². The van der Waals surface area contributed by atoms with Crippen molar-refractivity contribution in [3.05, 3.63) is 0 Å². The fourth-order valence-electron chi connectivity index (χ4n) is 2.42. The summed E-state index contributed by atoms with van der Waals surface area (Å²) in [5, 5.41) is 9.12. The minimum absolute atomic E-state index is 0.0913. The van der Waals surface area contributed by atoms with Crippen LogP contribution in [0.25, 0.3) is 0 Å². The molecule has 1 unspecified atom stereocenters. The molecule has 0 aliphatic carbocycles. The lowest BCUT2D eigenvalue weighted by atomic mass is 9.97. The molecule has 1 N–H and O–H groups in total. The number of carboxylic acids is 1. The van der Waals surface area contributed by atoms with Crippen molar-refractivity contribution >= 4 is 11.9 Å². The molecule has 19 heavy (non-hydrogen) atoms. The Labute approximate surface area is 115 Å². The Morgan fingerprint density at radius 2 is 2.00 bits per heavy atom. The van der Waals surface area contributed by atoms with Gasteiger partial charge in [-0.05, 0) is 46.7 Å². The predicted octanol–water partition coefficient (Wildman–Crippen LogP) is 1.57. The van der Waals surface area contributed by atoms with E-state index in [1.54, 1.807) is 20.9 Å². The van der Waals surface area contributed by atoms with E-state index in [1.165, 1.54) is 17.7 Å². The maximum atomic E-state index is 12.1. The Bertz CT molecular complexity index is 342. The van der Waals surface area contributed by atoms with E-state index in [0.717, 1.165) is 19.4 Å². The number of carboxylic acid groups (broad SMARTS) is 1. The number of carbonyl (C=O) groups excluding carboxylic acids is 1. The van der Waals surface area contributed by atoms with Crippen LogP contribution in [0.5, 0.6) is 0 Å². The van der Waals surface area contributed by atoms with Gasteiger partial charge in [-0.15, -0.1) is 0 Å². The summed E-state index contributed by atoms with van der Waals surface area (Å²) in [6.45, 7) is 4.20. The van der Waals surface area contributed by atoms with Gasteiger partial charge in [-0.1, -0.05) is 6.42 Å². The molecule has 0 aromatic heterocycles. The van der Waals surface area contributed by atoms with Crippen LogP contribution in [0, 0.1) is 0 Å². The molecule has 0 saturated carbocycles. The molecule has 0 spiro atoms. The summed E-state index contributed by atoms with van der Waals surface area (Å²) in [5.41, 5.74) is -1.14. The van der Waals surface area contributed by atoms with Gasteiger partial charge in [-0.25, -0.2) is 4.79 Å². The van der Waals surface area contributed by atoms with Gasteiger partial charge >= 0.3 is 5.97 Å². The first-order chi connectivity index (χ1) is 8.76. The van der Waals surface area contributed by atoms with Crippen LogP contribution in [0.3, 0.4) is 0 Å². The van der Waals surface area contributed by atoms with Crippen molar-refractivity contribution < 1.29 is 14.7 Å². The van der Waals surface area contributed by atoms with E-state index in [0.29, 0.717) is 12.5 Å². The lowest BCUT2D eigenvalue weighted by Crippen LogP contribution is -2.51. The highest BCUT2D eigenvalue weighted by molar-refractivity contribution is 5.86. The smallest absolute Gasteiger partial charge is 0.329 e. The van der Waals surface area contributed by atoms with Gasteiger partial charge in [0.2, 0.25) is 5.91 Å². The van der Waals surface area contributed by atoms with Gasteiger partial charge in [-0.3, -0.25) is 4.79 Å². The molecule has 1 aliphatic rings. The Hall–Kier alpha value is -1.10. The third kappa shape index (κ3) is 3.93. The number of rotatable bonds is 5. The molecule has 1 amide bonds. The number of hydrogen-bond donors (Lipinski definition) is 1. The van der Waals surface area contributed by atoms with Crippen LogP contribution in [-0.2, 0) is 9.59 Å². The first kappa shape index (κ1) is 16.0. The quantitative estimate of drug-likeness (QED) is 0.824. The fraction of sp³-hybridized carbons (Fsp3) is 0.857. The van der Waals surface area contributed by atoms with Gasteiger partial charge in [0.1, 0.15) is 5.54 Å². The third-order valence-electron chi connectivity index (χ3n) is 4.35. The maximum absolute atomic E-state index is 12.1. The number of likely N-dealkylation sites (N-methyl/N-ethyl adjacent to an activating group) is 1. The van der Waals surface area contributed by atoms with E-state index < -0.39 is 11.5 Å². The second-order valence-electron chi connectivity index (χ2n) is 5.99. The summed E-state index contributed by atoms with van der Waals surface area (Å²) in [7, 11) is 3.67. The standard InChI is InChI=1S/C14H26N2O3/c1-14(2,13(18)19)16(4)12(17)9-8-11-7-5-6-10-15(11)3/h11H,5-10H2,1-4H3,(H,18,19). The Morgan fingerprint density at radius 1 is 1.37 bits per heavy atom. The van der Waals surface area contributed by atoms with Crippen LogP contribution in [0.2, 0.25) is 0 Å². The van der Waals surface area contributed by atoms with E-state index in [1.807, 2.05) is 0 Å². The average Bonchev–Trinajstić information content (AvgIpc) is 2.36. The Morgan fingerprint density at radius 3 is 2.53 bits per heavy atom. The van der Waals surface area contributed by atoms with Crippen molar-refractivity contribution in [1.29, 1.82) is 0 Å². The topological polar surface area (TPSA) is 60.9 Å². The summed E-state index contributed by atoms with van der Waals surface area (Å²) in [5.74, 6) is -1.07. The summed E-state index contributed by atoms with van der Waals surface area (Å²) in [6.07, 6.45) is 4.82. The van der Waals surface area contributed by atoms with Gasteiger partial charge < -0.3 is 14.9 Å². The van der Waals surface area contributed by atoms with Gasteiger partial charge in [0.15, 0.2) is 0 Å². The minimum atomic E-state index is -1.14. The normalized spacial score (nSPS) is 21.2. The number of likely N-dealkylation sites (tertiary alicyclic amines) is 1. The van der Waals surface area contributed by atoms with Crippen molar-refractivity contribution in [2.24, 2.45) is 0 Å². The molecule has 0 bridgehead atoms. The first-order valence-corrected chi connectivity index (χ1v) is 6.97. The lowest BCUT2D eigenvalue weighted by molar-refractivity contribution is -0.155. The molecule has 1 fully saturated rings. The zero-order chi connectivity index (χ0) is 14.6. The van der Waals surface area contributed by atoms with Gasteiger partial charge in [0.05, 0.1) is 0 Å². The molecule has 0 radical (unpaired) electrons. The largest absolute Gasteiger partial charge is 0.480 e. The van der Waals surface area contributed by atoms with Crippen molar-refractivity contribution in [3.63, 3.8) is 0 Å². The second-order valence-corrected chi connectivity index (χ2v) is 5.99. The van der Waals surface area contributed by atoms with E-state index in [9.17, 15) is 9.59 Å². The van der Waals surface area contributed by atoms with Gasteiger partial charge in [0, 0.05) is 19.5 Å². The molecule has 0 aromatic rings. The van der Waals surface area contributed by atoms with E-state index in [-0.39, 0.29) is 5.91 Å². The van der Waals surface area contributed by atoms with Crippen molar-refractivity contribution in [2.75, 3.05) is 20.6 Å². The summed E-state index contributed by atoms with van der Waals surface area (Å²) in [6, 6.07) is 0.457. The third-order valence-corrected chi connectivity index (χ3v) is 4.35. The summed E-state index contributed by atoms with van der Waals surface area (Å²) < 4.78 is 0. The molecule has 5 heteroatoms. The molecule has 1 saturated heterocycles. The van der Waals surface area contributed by atoms with Gasteiger partial charge in [-0.2, -0.15) is 0 Å². The number of carbonyl (C=O) groups is 2. The summed E-state index contributed by atoms with van der Waals surface area (Å²) in [4.78, 5) is 26.9. The van der Waals surface area contributed by atoms with E-state index >= 15 is 0 Å². The minimum Gasteiger partial charge on any atom is -0.480 e. The average molecular weight is 270 g/mol.